The lowest BCUT2D eigenvalue weighted by molar-refractivity contribution is 0.0601. The van der Waals surface area contributed by atoms with E-state index in [-0.39, 0.29) is 5.97 Å². The standard InChI is InChI=1S/C26H26N2O3/c1-30-23-11-8-20(9-12-23)17-28-18-22(16-27-15-19-6-4-3-5-7-19)24-13-10-21(14-25(24)28)26(29)31-2/h3-14,18,27H,15-17H2,1-2H3. The third kappa shape index (κ3) is 4.78. The number of benzene rings is 3. The molecule has 5 nitrogen and oxygen atoms in total. The van der Waals surface area contributed by atoms with E-state index in [0.717, 1.165) is 35.3 Å². The van der Waals surface area contributed by atoms with Gasteiger partial charge in [-0.2, -0.15) is 0 Å². The van der Waals surface area contributed by atoms with Gasteiger partial charge >= 0.3 is 5.97 Å². The SMILES string of the molecule is COC(=O)c1ccc2c(CNCc3ccccc3)cn(Cc3ccc(OC)cc3)c2c1. The number of fused-ring (bicyclic) bond motifs is 1. The van der Waals surface area contributed by atoms with Gasteiger partial charge in [-0.15, -0.1) is 0 Å². The van der Waals surface area contributed by atoms with Gasteiger partial charge in [-0.05, 0) is 41.0 Å². The Morgan fingerprint density at radius 3 is 2.39 bits per heavy atom. The lowest BCUT2D eigenvalue weighted by Crippen LogP contribution is -2.12. The number of aromatic nitrogens is 1. The molecule has 0 bridgehead atoms. The second-order valence-corrected chi connectivity index (χ2v) is 7.44. The number of hydrogen-bond donors (Lipinski definition) is 1. The van der Waals surface area contributed by atoms with Crippen LogP contribution in [0.15, 0.2) is 79.0 Å². The first-order valence-corrected chi connectivity index (χ1v) is 10.3. The van der Waals surface area contributed by atoms with Gasteiger partial charge in [-0.25, -0.2) is 4.79 Å². The van der Waals surface area contributed by atoms with Crippen molar-refractivity contribution in [3.63, 3.8) is 0 Å². The maximum absolute atomic E-state index is 12.1. The highest BCUT2D eigenvalue weighted by molar-refractivity contribution is 5.95. The molecule has 0 atom stereocenters. The predicted octanol–water partition coefficient (Wildman–Crippen LogP) is 4.77. The fourth-order valence-electron chi connectivity index (χ4n) is 3.75. The zero-order valence-corrected chi connectivity index (χ0v) is 17.8. The van der Waals surface area contributed by atoms with E-state index in [1.54, 1.807) is 7.11 Å². The Morgan fingerprint density at radius 1 is 0.903 bits per heavy atom. The van der Waals surface area contributed by atoms with Gasteiger partial charge in [-0.1, -0.05) is 48.5 Å². The van der Waals surface area contributed by atoms with Crippen LogP contribution in [0.25, 0.3) is 10.9 Å². The molecule has 1 heterocycles. The summed E-state index contributed by atoms with van der Waals surface area (Å²) in [7, 11) is 3.07. The van der Waals surface area contributed by atoms with Crippen molar-refractivity contribution in [1.82, 2.24) is 9.88 Å². The van der Waals surface area contributed by atoms with Crippen molar-refractivity contribution in [2.24, 2.45) is 0 Å². The molecule has 0 aliphatic rings. The molecule has 158 valence electrons. The van der Waals surface area contributed by atoms with E-state index in [0.29, 0.717) is 12.1 Å². The van der Waals surface area contributed by atoms with E-state index in [4.69, 9.17) is 9.47 Å². The molecule has 0 spiro atoms. The molecule has 31 heavy (non-hydrogen) atoms. The van der Waals surface area contributed by atoms with Crippen LogP contribution in [-0.4, -0.2) is 24.8 Å². The molecule has 0 aliphatic carbocycles. The summed E-state index contributed by atoms with van der Waals surface area (Å²) in [6.45, 7) is 2.23. The van der Waals surface area contributed by atoms with Gasteiger partial charge in [0.2, 0.25) is 0 Å². The van der Waals surface area contributed by atoms with Crippen LogP contribution in [0.4, 0.5) is 0 Å². The molecule has 0 unspecified atom stereocenters. The molecule has 0 saturated carbocycles. The monoisotopic (exact) mass is 414 g/mol. The van der Waals surface area contributed by atoms with E-state index in [9.17, 15) is 4.79 Å². The number of hydrogen-bond acceptors (Lipinski definition) is 4. The van der Waals surface area contributed by atoms with Crippen molar-refractivity contribution in [1.29, 1.82) is 0 Å². The van der Waals surface area contributed by atoms with Crippen LogP contribution in [0, 0.1) is 0 Å². The summed E-state index contributed by atoms with van der Waals surface area (Å²) in [5, 5.41) is 4.66. The number of nitrogens with one attached hydrogen (secondary N) is 1. The number of ether oxygens (including phenoxy) is 2. The minimum absolute atomic E-state index is 0.331. The summed E-state index contributed by atoms with van der Waals surface area (Å²) in [5.41, 5.74) is 5.15. The van der Waals surface area contributed by atoms with E-state index in [1.807, 2.05) is 48.5 Å². The smallest absolute Gasteiger partial charge is 0.337 e. The summed E-state index contributed by atoms with van der Waals surface area (Å²) in [4.78, 5) is 12.1. The summed E-state index contributed by atoms with van der Waals surface area (Å²) in [6, 6.07) is 24.1. The second kappa shape index (κ2) is 9.49. The van der Waals surface area contributed by atoms with E-state index >= 15 is 0 Å². The molecule has 5 heteroatoms. The number of rotatable bonds is 8. The normalized spacial score (nSPS) is 10.9. The first-order chi connectivity index (χ1) is 15.2. The van der Waals surface area contributed by atoms with Gasteiger partial charge in [0, 0.05) is 36.7 Å². The third-order valence-corrected chi connectivity index (χ3v) is 5.39. The molecule has 0 fully saturated rings. The molecular formula is C26H26N2O3. The minimum Gasteiger partial charge on any atom is -0.497 e. The van der Waals surface area contributed by atoms with Crippen molar-refractivity contribution in [3.8, 4) is 5.75 Å². The fourth-order valence-corrected chi connectivity index (χ4v) is 3.75. The number of methoxy groups -OCH3 is 2. The topological polar surface area (TPSA) is 52.5 Å². The molecule has 0 radical (unpaired) electrons. The Labute approximate surface area is 182 Å². The molecule has 1 N–H and O–H groups in total. The Hall–Kier alpha value is -3.57. The summed E-state index contributed by atoms with van der Waals surface area (Å²) in [5.74, 6) is 0.503. The van der Waals surface area contributed by atoms with Crippen LogP contribution in [-0.2, 0) is 24.4 Å². The zero-order valence-electron chi connectivity index (χ0n) is 17.8. The van der Waals surface area contributed by atoms with Gasteiger partial charge in [0.25, 0.3) is 0 Å². The fraction of sp³-hybridized carbons (Fsp3) is 0.192. The number of nitrogens with zero attached hydrogens (tertiary/aromatic N) is 1. The minimum atomic E-state index is -0.331. The Kier molecular flexibility index (Phi) is 6.34. The summed E-state index contributed by atoms with van der Waals surface area (Å²) >= 11 is 0. The van der Waals surface area contributed by atoms with Gasteiger partial charge in [0.1, 0.15) is 5.75 Å². The highest BCUT2D eigenvalue weighted by atomic mass is 16.5. The Morgan fingerprint density at radius 2 is 1.68 bits per heavy atom. The highest BCUT2D eigenvalue weighted by Gasteiger charge is 2.13. The maximum atomic E-state index is 12.1. The first-order valence-electron chi connectivity index (χ1n) is 10.3. The average molecular weight is 415 g/mol. The van der Waals surface area contributed by atoms with Crippen molar-refractivity contribution in [2.75, 3.05) is 14.2 Å². The van der Waals surface area contributed by atoms with Crippen LogP contribution in [0.2, 0.25) is 0 Å². The van der Waals surface area contributed by atoms with Crippen LogP contribution >= 0.6 is 0 Å². The molecule has 4 rings (SSSR count). The van der Waals surface area contributed by atoms with E-state index in [1.165, 1.54) is 18.2 Å². The number of carbonyl (C=O) groups excluding carboxylic acids is 1. The van der Waals surface area contributed by atoms with Crippen LogP contribution < -0.4 is 10.1 Å². The molecule has 4 aromatic rings. The molecule has 0 saturated heterocycles. The van der Waals surface area contributed by atoms with Gasteiger partial charge in [0.15, 0.2) is 0 Å². The van der Waals surface area contributed by atoms with Crippen LogP contribution in [0.3, 0.4) is 0 Å². The molecule has 1 aromatic heterocycles. The van der Waals surface area contributed by atoms with E-state index in [2.05, 4.69) is 40.3 Å². The molecule has 3 aromatic carbocycles. The van der Waals surface area contributed by atoms with Crippen molar-refractivity contribution < 1.29 is 14.3 Å². The average Bonchev–Trinajstić information content (AvgIpc) is 3.16. The Balaban J connectivity index is 1.62. The van der Waals surface area contributed by atoms with E-state index < -0.39 is 0 Å². The molecule has 0 aliphatic heterocycles. The van der Waals surface area contributed by atoms with Crippen LogP contribution in [0.5, 0.6) is 5.75 Å². The predicted molar refractivity (Wildman–Crippen MR) is 122 cm³/mol. The first kappa shape index (κ1) is 20.7. The number of carbonyl (C=O) groups is 1. The quantitative estimate of drug-likeness (QED) is 0.422. The molecule has 0 amide bonds. The van der Waals surface area contributed by atoms with Gasteiger partial charge < -0.3 is 19.4 Å². The van der Waals surface area contributed by atoms with Crippen LogP contribution in [0.1, 0.15) is 27.0 Å². The van der Waals surface area contributed by atoms with Crippen molar-refractivity contribution in [3.05, 3.63) is 101 Å². The van der Waals surface area contributed by atoms with Gasteiger partial charge in [-0.3, -0.25) is 0 Å². The lowest BCUT2D eigenvalue weighted by Gasteiger charge is -2.08. The second-order valence-electron chi connectivity index (χ2n) is 7.44. The third-order valence-electron chi connectivity index (χ3n) is 5.39. The summed E-state index contributed by atoms with van der Waals surface area (Å²) in [6.07, 6.45) is 2.16. The molecular weight excluding hydrogens is 388 g/mol. The largest absolute Gasteiger partial charge is 0.497 e. The highest BCUT2D eigenvalue weighted by Crippen LogP contribution is 2.25. The zero-order chi connectivity index (χ0) is 21.6. The Bertz CT molecular complexity index is 1160. The van der Waals surface area contributed by atoms with Crippen molar-refractivity contribution in [2.45, 2.75) is 19.6 Å². The van der Waals surface area contributed by atoms with Crippen molar-refractivity contribution >= 4 is 16.9 Å². The maximum Gasteiger partial charge on any atom is 0.337 e. The van der Waals surface area contributed by atoms with Gasteiger partial charge in [0.05, 0.1) is 19.8 Å². The summed E-state index contributed by atoms with van der Waals surface area (Å²) < 4.78 is 12.4. The lowest BCUT2D eigenvalue weighted by atomic mass is 10.1. The number of esters is 1.